The summed E-state index contributed by atoms with van der Waals surface area (Å²) in [7, 11) is 0. The molecule has 0 spiro atoms. The molecular weight excluding hydrogens is 564 g/mol. The lowest BCUT2D eigenvalue weighted by Gasteiger charge is -2.20. The molecule has 0 fully saturated rings. The molecule has 41 heavy (non-hydrogen) atoms. The molecule has 0 radical (unpaired) electrons. The summed E-state index contributed by atoms with van der Waals surface area (Å²) in [5, 5.41) is 9.30. The number of aromatic nitrogens is 3. The Kier molecular flexibility index (Phi) is 8.17. The number of nitrogens with zero attached hydrogens (tertiary/aromatic N) is 3. The number of hydrogen-bond donors (Lipinski definition) is 1. The molecule has 4 aromatic rings. The largest absolute Gasteiger partial charge is 0.449 e. The molecule has 2 heterocycles. The first-order valence-electron chi connectivity index (χ1n) is 12.1. The number of alkyl halides is 2. The van der Waals surface area contributed by atoms with Crippen molar-refractivity contribution in [3.63, 3.8) is 0 Å². The molecule has 0 saturated carbocycles. The van der Waals surface area contributed by atoms with Gasteiger partial charge in [-0.1, -0.05) is 25.1 Å². The van der Waals surface area contributed by atoms with E-state index in [9.17, 15) is 23.6 Å². The number of aryl methyl sites for hydroxylation is 1. The highest BCUT2D eigenvalue weighted by Gasteiger charge is 2.39. The van der Waals surface area contributed by atoms with Crippen LogP contribution in [0.2, 0.25) is 5.02 Å². The molecule has 4 rings (SSSR count). The zero-order valence-electron chi connectivity index (χ0n) is 21.7. The van der Waals surface area contributed by atoms with Crippen LogP contribution >= 0.6 is 11.6 Å². The number of halogens is 5. The Morgan fingerprint density at radius 3 is 2.44 bits per heavy atom. The number of nitriles is 1. The summed E-state index contributed by atoms with van der Waals surface area (Å²) in [6.07, 6.45) is 1.20. The fourth-order valence-electron chi connectivity index (χ4n) is 4.08. The predicted molar refractivity (Wildman–Crippen MR) is 144 cm³/mol. The van der Waals surface area contributed by atoms with Gasteiger partial charge in [0.2, 0.25) is 5.75 Å². The SMILES string of the molecule is C=C(C)C(F)(F)c1ncn(Cc2cc(-c3cc(F)cc(F)c3)c(=O)[nH]c2CC)c(=O)c1Oc1cc(Cl)cc(C#N)c1. The number of hydrogen-bond acceptors (Lipinski definition) is 5. The first-order valence-corrected chi connectivity index (χ1v) is 12.5. The summed E-state index contributed by atoms with van der Waals surface area (Å²) >= 11 is 6.02. The Balaban J connectivity index is 1.88. The van der Waals surface area contributed by atoms with E-state index in [1.165, 1.54) is 24.3 Å². The van der Waals surface area contributed by atoms with Crippen molar-refractivity contribution < 1.29 is 22.3 Å². The van der Waals surface area contributed by atoms with Crippen molar-refractivity contribution in [2.24, 2.45) is 0 Å². The van der Waals surface area contributed by atoms with E-state index >= 15 is 8.78 Å². The minimum absolute atomic E-state index is 0.0344. The van der Waals surface area contributed by atoms with Gasteiger partial charge in [-0.05, 0) is 66.4 Å². The van der Waals surface area contributed by atoms with Crippen LogP contribution in [0.5, 0.6) is 11.5 Å². The Morgan fingerprint density at radius 2 is 1.83 bits per heavy atom. The fraction of sp³-hybridized carbons (Fsp3) is 0.172. The highest BCUT2D eigenvalue weighted by Crippen LogP contribution is 2.38. The summed E-state index contributed by atoms with van der Waals surface area (Å²) in [4.78, 5) is 32.8. The molecule has 2 aromatic carbocycles. The molecule has 0 aliphatic carbocycles. The molecule has 0 bridgehead atoms. The number of aromatic amines is 1. The lowest BCUT2D eigenvalue weighted by Crippen LogP contribution is -2.29. The summed E-state index contributed by atoms with van der Waals surface area (Å²) in [5.74, 6) is -6.53. The van der Waals surface area contributed by atoms with E-state index < -0.39 is 45.7 Å². The van der Waals surface area contributed by atoms with Crippen molar-refractivity contribution in [3.05, 3.63) is 121 Å². The smallest absolute Gasteiger partial charge is 0.314 e. The third-order valence-corrected chi connectivity index (χ3v) is 6.35. The van der Waals surface area contributed by atoms with Gasteiger partial charge in [-0.15, -0.1) is 0 Å². The van der Waals surface area contributed by atoms with Crippen LogP contribution in [0.3, 0.4) is 0 Å². The second kappa shape index (κ2) is 11.4. The van der Waals surface area contributed by atoms with Crippen LogP contribution in [0.1, 0.15) is 36.4 Å². The normalized spacial score (nSPS) is 11.3. The Bertz CT molecular complexity index is 1820. The maximum absolute atomic E-state index is 15.1. The highest BCUT2D eigenvalue weighted by atomic mass is 35.5. The van der Waals surface area contributed by atoms with Gasteiger partial charge in [-0.25, -0.2) is 13.8 Å². The van der Waals surface area contributed by atoms with Crippen molar-refractivity contribution in [3.8, 4) is 28.7 Å². The van der Waals surface area contributed by atoms with Crippen molar-refractivity contribution in [2.45, 2.75) is 32.7 Å². The summed E-state index contributed by atoms with van der Waals surface area (Å²) in [6, 6.07) is 9.63. The van der Waals surface area contributed by atoms with E-state index in [0.717, 1.165) is 30.0 Å². The van der Waals surface area contributed by atoms with Crippen LogP contribution in [0.15, 0.2) is 70.5 Å². The third-order valence-electron chi connectivity index (χ3n) is 6.13. The average molecular weight is 585 g/mol. The van der Waals surface area contributed by atoms with Crippen LogP contribution in [-0.4, -0.2) is 14.5 Å². The van der Waals surface area contributed by atoms with E-state index in [0.29, 0.717) is 23.7 Å². The number of rotatable bonds is 8. The van der Waals surface area contributed by atoms with Gasteiger partial charge < -0.3 is 9.72 Å². The summed E-state index contributed by atoms with van der Waals surface area (Å²) in [6.45, 7) is 5.81. The monoisotopic (exact) mass is 584 g/mol. The van der Waals surface area contributed by atoms with Gasteiger partial charge in [0.25, 0.3) is 11.1 Å². The van der Waals surface area contributed by atoms with Gasteiger partial charge in [0.1, 0.15) is 17.4 Å². The first kappa shape index (κ1) is 29.3. The molecule has 0 aliphatic heterocycles. The van der Waals surface area contributed by atoms with Gasteiger partial charge in [-0.3, -0.25) is 14.2 Å². The molecule has 0 saturated heterocycles. The lowest BCUT2D eigenvalue weighted by molar-refractivity contribution is 0.0309. The predicted octanol–water partition coefficient (Wildman–Crippen LogP) is 6.47. The van der Waals surface area contributed by atoms with Crippen LogP contribution in [0.4, 0.5) is 17.6 Å². The Morgan fingerprint density at radius 1 is 1.15 bits per heavy atom. The van der Waals surface area contributed by atoms with Gasteiger partial charge >= 0.3 is 5.92 Å². The standard InChI is InChI=1S/C29H21ClF4N4O3/c1-4-24-18(9-23(27(39)37-24)17-7-20(31)11-21(32)8-17)13-38-14-36-26(29(33,34)15(2)3)25(28(38)40)41-22-6-16(12-35)5-19(30)10-22/h5-11,14H,2,4,13H2,1,3H3,(H,37,39). The molecule has 0 amide bonds. The van der Waals surface area contributed by atoms with E-state index in [-0.39, 0.29) is 34.0 Å². The molecule has 12 heteroatoms. The highest BCUT2D eigenvalue weighted by molar-refractivity contribution is 6.30. The minimum atomic E-state index is -3.76. The zero-order valence-corrected chi connectivity index (χ0v) is 22.5. The van der Waals surface area contributed by atoms with E-state index in [4.69, 9.17) is 16.3 Å². The fourth-order valence-corrected chi connectivity index (χ4v) is 4.31. The second-order valence-corrected chi connectivity index (χ2v) is 9.56. The van der Waals surface area contributed by atoms with E-state index in [1.807, 2.05) is 6.07 Å². The molecule has 0 aliphatic rings. The minimum Gasteiger partial charge on any atom is -0.449 e. The number of pyridine rings is 1. The molecular formula is C29H21ClF4N4O3. The van der Waals surface area contributed by atoms with Crippen LogP contribution in [-0.2, 0) is 18.9 Å². The molecule has 210 valence electrons. The second-order valence-electron chi connectivity index (χ2n) is 9.13. The third kappa shape index (κ3) is 6.07. The van der Waals surface area contributed by atoms with Crippen molar-refractivity contribution in [1.82, 2.24) is 14.5 Å². The quantitative estimate of drug-likeness (QED) is 0.189. The van der Waals surface area contributed by atoms with E-state index in [2.05, 4.69) is 16.5 Å². The maximum Gasteiger partial charge on any atom is 0.314 e. The molecule has 0 atom stereocenters. The number of allylic oxidation sites excluding steroid dienone is 1. The summed E-state index contributed by atoms with van der Waals surface area (Å²) < 4.78 is 64.5. The number of ether oxygens (including phenoxy) is 1. The average Bonchev–Trinajstić information content (AvgIpc) is 2.90. The number of nitrogens with one attached hydrogen (secondary N) is 1. The lowest BCUT2D eigenvalue weighted by atomic mass is 10.0. The maximum atomic E-state index is 15.1. The zero-order chi connectivity index (χ0) is 30.1. The molecule has 2 aromatic heterocycles. The van der Waals surface area contributed by atoms with Crippen molar-refractivity contribution >= 4 is 11.6 Å². The first-order chi connectivity index (χ1) is 19.3. The van der Waals surface area contributed by atoms with Crippen LogP contribution in [0, 0.1) is 23.0 Å². The number of benzene rings is 2. The van der Waals surface area contributed by atoms with Gasteiger partial charge in [-0.2, -0.15) is 14.0 Å². The van der Waals surface area contributed by atoms with Crippen LogP contribution in [0.25, 0.3) is 11.1 Å². The molecule has 0 unspecified atom stereocenters. The van der Waals surface area contributed by atoms with Gasteiger partial charge in [0.15, 0.2) is 5.69 Å². The van der Waals surface area contributed by atoms with Crippen molar-refractivity contribution in [2.75, 3.05) is 0 Å². The molecule has 7 nitrogen and oxygen atoms in total. The Labute approximate surface area is 235 Å². The van der Waals surface area contributed by atoms with Gasteiger partial charge in [0.05, 0.1) is 24.5 Å². The number of H-pyrrole nitrogens is 1. The topological polar surface area (TPSA) is 101 Å². The van der Waals surface area contributed by atoms with Crippen LogP contribution < -0.4 is 15.9 Å². The summed E-state index contributed by atoms with van der Waals surface area (Å²) in [5.41, 5.74) is -2.52. The van der Waals surface area contributed by atoms with E-state index in [1.54, 1.807) is 6.92 Å². The van der Waals surface area contributed by atoms with Crippen molar-refractivity contribution in [1.29, 1.82) is 5.26 Å². The molecule has 1 N–H and O–H groups in total. The Hall–Kier alpha value is -4.69. The van der Waals surface area contributed by atoms with Gasteiger partial charge in [0, 0.05) is 22.3 Å².